The van der Waals surface area contributed by atoms with Crippen LogP contribution in [-0.4, -0.2) is 42.1 Å². The van der Waals surface area contributed by atoms with Gasteiger partial charge in [0.1, 0.15) is 0 Å². The monoisotopic (exact) mass is 412 g/mol. The first kappa shape index (κ1) is 20.4. The molecular formula is C24H29ClN2O2. The van der Waals surface area contributed by atoms with Crippen LogP contribution in [0.25, 0.3) is 0 Å². The van der Waals surface area contributed by atoms with Crippen molar-refractivity contribution in [2.45, 2.75) is 25.4 Å². The average molecular weight is 413 g/mol. The third kappa shape index (κ3) is 3.70. The van der Waals surface area contributed by atoms with Crippen molar-refractivity contribution in [2.24, 2.45) is 17.8 Å². The Kier molecular flexibility index (Phi) is 5.69. The lowest BCUT2D eigenvalue weighted by molar-refractivity contribution is -0.152. The Morgan fingerprint density at radius 1 is 1.03 bits per heavy atom. The summed E-state index contributed by atoms with van der Waals surface area (Å²) in [5, 5.41) is 15.6. The number of benzene rings is 2. The van der Waals surface area contributed by atoms with E-state index in [0.717, 1.165) is 17.7 Å². The van der Waals surface area contributed by atoms with Gasteiger partial charge in [-0.3, -0.25) is 4.79 Å². The van der Waals surface area contributed by atoms with E-state index in [1.54, 1.807) is 0 Å². The van der Waals surface area contributed by atoms with Crippen LogP contribution >= 0.6 is 11.6 Å². The van der Waals surface area contributed by atoms with Gasteiger partial charge in [0.25, 0.3) is 0 Å². The highest BCUT2D eigenvalue weighted by Gasteiger charge is 2.48. The molecule has 2 aromatic rings. The topological polar surface area (TPSA) is 52.6 Å². The van der Waals surface area contributed by atoms with Crippen LogP contribution in [0, 0.1) is 17.8 Å². The standard InChI is InChI=1S/C24H29ClN2O2/c1-16-14-27(15-17(2)24(16,29)19-6-4-3-5-7-19)23(28)22-13-26-12-21(22)18-8-10-20(25)11-9-18/h3-11,16-17,21-22,26,29H,12-15H2,1-2H3/t16-,17+,21-,22+,24?/m0/s1. The van der Waals surface area contributed by atoms with Gasteiger partial charge in [0.2, 0.25) is 5.91 Å². The van der Waals surface area contributed by atoms with Gasteiger partial charge in [-0.25, -0.2) is 0 Å². The fourth-order valence-corrected chi connectivity index (χ4v) is 5.31. The third-order valence-electron chi connectivity index (χ3n) is 6.87. The predicted octanol–water partition coefficient (Wildman–Crippen LogP) is 3.65. The smallest absolute Gasteiger partial charge is 0.227 e. The number of nitrogens with one attached hydrogen (secondary N) is 1. The number of hydrogen-bond acceptors (Lipinski definition) is 3. The number of nitrogens with zero attached hydrogens (tertiary/aromatic N) is 1. The first-order valence-electron chi connectivity index (χ1n) is 10.4. The van der Waals surface area contributed by atoms with Crippen LogP contribution in [0.3, 0.4) is 0 Å². The summed E-state index contributed by atoms with van der Waals surface area (Å²) in [5.41, 5.74) is 1.17. The van der Waals surface area contributed by atoms with Gasteiger partial charge in [-0.2, -0.15) is 0 Å². The Hall–Kier alpha value is -1.88. The van der Waals surface area contributed by atoms with Gasteiger partial charge in [-0.1, -0.05) is 67.9 Å². The number of rotatable bonds is 3. The summed E-state index contributed by atoms with van der Waals surface area (Å²) in [6.07, 6.45) is 0. The lowest BCUT2D eigenvalue weighted by Crippen LogP contribution is -2.57. The van der Waals surface area contributed by atoms with E-state index >= 15 is 0 Å². The molecule has 2 aliphatic rings. The minimum absolute atomic E-state index is 0.0408. The first-order valence-corrected chi connectivity index (χ1v) is 10.8. The number of likely N-dealkylation sites (tertiary alicyclic amines) is 1. The Morgan fingerprint density at radius 3 is 2.28 bits per heavy atom. The van der Waals surface area contributed by atoms with E-state index in [9.17, 15) is 9.90 Å². The summed E-state index contributed by atoms with van der Waals surface area (Å²) >= 11 is 6.03. The molecule has 2 aromatic carbocycles. The van der Waals surface area contributed by atoms with Crippen LogP contribution < -0.4 is 5.32 Å². The van der Waals surface area contributed by atoms with Crippen molar-refractivity contribution in [3.8, 4) is 0 Å². The quantitative estimate of drug-likeness (QED) is 0.809. The molecule has 1 unspecified atom stereocenters. The molecule has 4 nitrogen and oxygen atoms in total. The van der Waals surface area contributed by atoms with Gasteiger partial charge in [0.05, 0.1) is 11.5 Å². The second kappa shape index (κ2) is 8.10. The van der Waals surface area contributed by atoms with Crippen molar-refractivity contribution in [3.63, 3.8) is 0 Å². The lowest BCUT2D eigenvalue weighted by Gasteiger charge is -2.48. The molecule has 0 radical (unpaired) electrons. The summed E-state index contributed by atoms with van der Waals surface area (Å²) in [6, 6.07) is 17.7. The molecule has 2 aliphatic heterocycles. The van der Waals surface area contributed by atoms with E-state index in [1.165, 1.54) is 0 Å². The molecule has 1 amide bonds. The minimum atomic E-state index is -0.915. The van der Waals surface area contributed by atoms with Crippen LogP contribution in [0.2, 0.25) is 5.02 Å². The molecule has 0 bridgehead atoms. The molecule has 0 aliphatic carbocycles. The summed E-state index contributed by atoms with van der Waals surface area (Å²) in [7, 11) is 0. The van der Waals surface area contributed by atoms with Crippen molar-refractivity contribution in [3.05, 3.63) is 70.7 Å². The summed E-state index contributed by atoms with van der Waals surface area (Å²) in [6.45, 7) is 6.72. The van der Waals surface area contributed by atoms with Crippen LogP contribution in [0.4, 0.5) is 0 Å². The zero-order valence-electron chi connectivity index (χ0n) is 17.0. The number of halogens is 1. The summed E-state index contributed by atoms with van der Waals surface area (Å²) in [4.78, 5) is 15.4. The largest absolute Gasteiger partial charge is 0.384 e. The van der Waals surface area contributed by atoms with E-state index < -0.39 is 5.60 Å². The van der Waals surface area contributed by atoms with Gasteiger partial charge in [0.15, 0.2) is 0 Å². The van der Waals surface area contributed by atoms with Gasteiger partial charge < -0.3 is 15.3 Å². The highest BCUT2D eigenvalue weighted by atomic mass is 35.5. The SMILES string of the molecule is C[C@@H]1CN(C(=O)[C@@H]2CNC[C@H]2c2ccc(Cl)cc2)C[C@H](C)C1(O)c1ccccc1. The normalized spacial score (nSPS) is 32.3. The molecular weight excluding hydrogens is 384 g/mol. The molecule has 2 fully saturated rings. The molecule has 154 valence electrons. The molecule has 2 saturated heterocycles. The molecule has 2 heterocycles. The van der Waals surface area contributed by atoms with Gasteiger partial charge in [-0.15, -0.1) is 0 Å². The van der Waals surface area contributed by atoms with Crippen LogP contribution in [0.1, 0.15) is 30.9 Å². The highest BCUT2D eigenvalue weighted by Crippen LogP contribution is 2.42. The zero-order chi connectivity index (χ0) is 20.6. The Balaban J connectivity index is 1.52. The number of hydrogen-bond donors (Lipinski definition) is 2. The summed E-state index contributed by atoms with van der Waals surface area (Å²) in [5.74, 6) is 0.171. The molecule has 0 spiro atoms. The maximum Gasteiger partial charge on any atom is 0.227 e. The highest BCUT2D eigenvalue weighted by molar-refractivity contribution is 6.30. The molecule has 0 aromatic heterocycles. The number of carbonyl (C=O) groups excluding carboxylic acids is 1. The van der Waals surface area contributed by atoms with Crippen molar-refractivity contribution < 1.29 is 9.90 Å². The molecule has 5 atom stereocenters. The maximum absolute atomic E-state index is 13.5. The number of piperidine rings is 1. The predicted molar refractivity (Wildman–Crippen MR) is 116 cm³/mol. The van der Waals surface area contributed by atoms with Gasteiger partial charge in [-0.05, 0) is 23.3 Å². The number of aliphatic hydroxyl groups is 1. The van der Waals surface area contributed by atoms with E-state index in [1.807, 2.05) is 73.3 Å². The van der Waals surface area contributed by atoms with E-state index in [4.69, 9.17) is 11.6 Å². The molecule has 29 heavy (non-hydrogen) atoms. The van der Waals surface area contributed by atoms with E-state index in [-0.39, 0.29) is 29.6 Å². The summed E-state index contributed by atoms with van der Waals surface area (Å²) < 4.78 is 0. The van der Waals surface area contributed by atoms with Crippen LogP contribution in [0.5, 0.6) is 0 Å². The van der Waals surface area contributed by atoms with Crippen LogP contribution in [-0.2, 0) is 10.4 Å². The fraction of sp³-hybridized carbons (Fsp3) is 0.458. The Morgan fingerprint density at radius 2 is 1.66 bits per heavy atom. The zero-order valence-corrected chi connectivity index (χ0v) is 17.8. The third-order valence-corrected chi connectivity index (χ3v) is 7.12. The lowest BCUT2D eigenvalue weighted by atomic mass is 9.70. The molecule has 4 rings (SSSR count). The first-order chi connectivity index (χ1) is 13.9. The second-order valence-electron chi connectivity index (χ2n) is 8.66. The second-order valence-corrected chi connectivity index (χ2v) is 9.10. The van der Waals surface area contributed by atoms with E-state index in [2.05, 4.69) is 5.32 Å². The minimum Gasteiger partial charge on any atom is -0.384 e. The fourth-order valence-electron chi connectivity index (χ4n) is 5.19. The van der Waals surface area contributed by atoms with Crippen molar-refractivity contribution in [1.29, 1.82) is 0 Å². The van der Waals surface area contributed by atoms with Gasteiger partial charge >= 0.3 is 0 Å². The number of amides is 1. The molecule has 2 N–H and O–H groups in total. The van der Waals surface area contributed by atoms with Crippen LogP contribution in [0.15, 0.2) is 54.6 Å². The van der Waals surface area contributed by atoms with Crippen molar-refractivity contribution in [1.82, 2.24) is 10.2 Å². The molecule has 5 heteroatoms. The average Bonchev–Trinajstić information content (AvgIpc) is 3.22. The van der Waals surface area contributed by atoms with Gasteiger partial charge in [0, 0.05) is 49.0 Å². The van der Waals surface area contributed by atoms with Crippen molar-refractivity contribution in [2.75, 3.05) is 26.2 Å². The Labute approximate surface area is 177 Å². The Bertz CT molecular complexity index is 843. The number of carbonyl (C=O) groups is 1. The maximum atomic E-state index is 13.5. The van der Waals surface area contributed by atoms with E-state index in [0.29, 0.717) is 24.7 Å². The molecule has 0 saturated carbocycles. The van der Waals surface area contributed by atoms with Crippen molar-refractivity contribution >= 4 is 17.5 Å².